The van der Waals surface area contributed by atoms with Crippen LogP contribution in [0.4, 0.5) is 5.69 Å². The van der Waals surface area contributed by atoms with E-state index in [0.29, 0.717) is 30.8 Å². The molecule has 0 aromatic heterocycles. The van der Waals surface area contributed by atoms with Gasteiger partial charge in [0, 0.05) is 24.3 Å². The van der Waals surface area contributed by atoms with Gasteiger partial charge in [-0.3, -0.25) is 4.79 Å². The Labute approximate surface area is 271 Å². The number of methoxy groups -OCH3 is 1. The van der Waals surface area contributed by atoms with Crippen LogP contribution in [0.15, 0.2) is 91.0 Å². The summed E-state index contributed by atoms with van der Waals surface area (Å²) in [7, 11) is 1.66. The number of benzene rings is 4. The van der Waals surface area contributed by atoms with Crippen molar-refractivity contribution < 1.29 is 38.3 Å². The molecule has 1 N–H and O–H groups in total. The molecule has 1 unspecified atom stereocenters. The Morgan fingerprint density at radius 1 is 0.884 bits per heavy atom. The maximum Gasteiger partial charge on any atom is 1.00 e. The maximum atomic E-state index is 13.5. The van der Waals surface area contributed by atoms with E-state index in [4.69, 9.17) is 4.74 Å². The smallest absolute Gasteiger partial charge is 0.548 e. The molecule has 0 saturated carbocycles. The first-order valence-electron chi connectivity index (χ1n) is 13.9. The first-order valence-corrected chi connectivity index (χ1v) is 15.3. The average molecular weight is 589 g/mol. The summed E-state index contributed by atoms with van der Waals surface area (Å²) in [4.78, 5) is 27.5. The van der Waals surface area contributed by atoms with Crippen molar-refractivity contribution in [2.24, 2.45) is 0 Å². The number of anilines is 1. The number of carbonyl (C=O) groups excluding carboxylic acids is 2. The molecular weight excluding hydrogens is 551 g/mol. The molecule has 0 aliphatic carbocycles. The molecule has 218 valence electrons. The average Bonchev–Trinajstić information content (AvgIpc) is 2.99. The number of carboxylic acids is 1. The minimum absolute atomic E-state index is 0. The molecule has 4 aromatic rings. The fourth-order valence-electron chi connectivity index (χ4n) is 4.87. The van der Waals surface area contributed by atoms with Crippen LogP contribution in [0.25, 0.3) is 11.1 Å². The van der Waals surface area contributed by atoms with Crippen molar-refractivity contribution in [3.05, 3.63) is 119 Å². The van der Waals surface area contributed by atoms with Gasteiger partial charge in [-0.15, -0.1) is 0 Å². The number of ether oxygens (including phenoxy) is 1. The Balaban J connectivity index is 0.00000506. The van der Waals surface area contributed by atoms with Crippen molar-refractivity contribution in [3.8, 4) is 16.9 Å². The number of hydrogen-bond donors (Lipinski definition) is 1. The van der Waals surface area contributed by atoms with E-state index < -0.39 is 17.9 Å². The molecule has 0 aliphatic rings. The second-order valence-corrected chi connectivity index (χ2v) is 11.3. The van der Waals surface area contributed by atoms with Gasteiger partial charge in [0.2, 0.25) is 0 Å². The quantitative estimate of drug-likeness (QED) is 0.242. The molecular formula is C35H37LiN2O4S. The summed E-state index contributed by atoms with van der Waals surface area (Å²) in [6.45, 7) is 5.36. The van der Waals surface area contributed by atoms with Crippen LogP contribution in [0.1, 0.15) is 39.0 Å². The van der Waals surface area contributed by atoms with Crippen molar-refractivity contribution >= 4 is 29.3 Å². The van der Waals surface area contributed by atoms with E-state index in [1.54, 1.807) is 13.2 Å². The summed E-state index contributed by atoms with van der Waals surface area (Å²) in [5.41, 5.74) is 7.59. The summed E-state index contributed by atoms with van der Waals surface area (Å²) in [5, 5.41) is 14.4. The Bertz CT molecular complexity index is 1510. The molecule has 0 bridgehead atoms. The first-order chi connectivity index (χ1) is 20.3. The van der Waals surface area contributed by atoms with Crippen LogP contribution in [0, 0.1) is 13.8 Å². The van der Waals surface area contributed by atoms with Gasteiger partial charge in [0.05, 0.1) is 19.1 Å². The normalized spacial score (nSPS) is 11.3. The van der Waals surface area contributed by atoms with E-state index in [0.717, 1.165) is 39.3 Å². The van der Waals surface area contributed by atoms with Crippen molar-refractivity contribution in [1.82, 2.24) is 5.32 Å². The third-order valence-corrected chi connectivity index (χ3v) is 7.91. The second kappa shape index (κ2) is 16.3. The number of thioether (sulfide) groups is 1. The molecule has 0 saturated heterocycles. The molecule has 0 fully saturated rings. The topological polar surface area (TPSA) is 81.7 Å². The largest absolute Gasteiger partial charge is 1.00 e. The minimum atomic E-state index is -1.28. The van der Waals surface area contributed by atoms with Crippen LogP contribution < -0.4 is 38.9 Å². The number of carboxylic acid groups (broad SMARTS) is 1. The summed E-state index contributed by atoms with van der Waals surface area (Å²) in [5.74, 6) is -0.292. The van der Waals surface area contributed by atoms with Crippen LogP contribution in [-0.4, -0.2) is 37.0 Å². The van der Waals surface area contributed by atoms with Gasteiger partial charge in [0.1, 0.15) is 5.75 Å². The van der Waals surface area contributed by atoms with Crippen molar-refractivity contribution in [3.63, 3.8) is 0 Å². The number of aryl methyl sites for hydroxylation is 2. The fourth-order valence-corrected chi connectivity index (χ4v) is 5.34. The number of carbonyl (C=O) groups is 2. The van der Waals surface area contributed by atoms with Gasteiger partial charge in [-0.1, -0.05) is 60.2 Å². The van der Waals surface area contributed by atoms with E-state index >= 15 is 0 Å². The van der Waals surface area contributed by atoms with Crippen LogP contribution in [-0.2, 0) is 17.9 Å². The van der Waals surface area contributed by atoms with Crippen LogP contribution >= 0.6 is 11.8 Å². The van der Waals surface area contributed by atoms with Gasteiger partial charge in [0.15, 0.2) is 0 Å². The molecule has 43 heavy (non-hydrogen) atoms. The summed E-state index contributed by atoms with van der Waals surface area (Å²) >= 11 is 1.53. The number of hydrogen-bond acceptors (Lipinski definition) is 6. The van der Waals surface area contributed by atoms with Gasteiger partial charge in [-0.05, 0) is 96.5 Å². The summed E-state index contributed by atoms with van der Waals surface area (Å²) in [6.07, 6.45) is 2.20. The predicted molar refractivity (Wildman–Crippen MR) is 170 cm³/mol. The SMILES string of the molecule is COc1ccc(CN(Cc2ccc(C(=O)NC(CCSC)C(=O)[O-])c(-c3ccccc3C)c2)c2ccc(C)cc2)cc1.[Li+]. The zero-order valence-corrected chi connectivity index (χ0v) is 26.4. The molecule has 8 heteroatoms. The zero-order valence-electron chi connectivity index (χ0n) is 25.6. The Hall–Kier alpha value is -3.63. The molecule has 0 spiro atoms. The van der Waals surface area contributed by atoms with E-state index in [9.17, 15) is 14.7 Å². The van der Waals surface area contributed by atoms with Gasteiger partial charge in [0.25, 0.3) is 5.91 Å². The van der Waals surface area contributed by atoms with E-state index in [1.165, 1.54) is 17.3 Å². The number of nitrogens with zero attached hydrogens (tertiary/aromatic N) is 1. The van der Waals surface area contributed by atoms with E-state index in [2.05, 4.69) is 53.5 Å². The molecule has 1 atom stereocenters. The first kappa shape index (κ1) is 33.9. The number of aliphatic carboxylic acids is 1. The van der Waals surface area contributed by atoms with Gasteiger partial charge >= 0.3 is 18.9 Å². The number of rotatable bonds is 13. The fraction of sp³-hybridized carbons (Fsp3) is 0.257. The second-order valence-electron chi connectivity index (χ2n) is 10.4. The minimum Gasteiger partial charge on any atom is -0.548 e. The van der Waals surface area contributed by atoms with E-state index in [1.807, 2.05) is 61.7 Å². The van der Waals surface area contributed by atoms with Crippen LogP contribution in [0.2, 0.25) is 0 Å². The molecule has 4 aromatic carbocycles. The predicted octanol–water partition coefficient (Wildman–Crippen LogP) is 2.79. The van der Waals surface area contributed by atoms with Crippen molar-refractivity contribution in [2.45, 2.75) is 39.4 Å². The van der Waals surface area contributed by atoms with Gasteiger partial charge in [-0.2, -0.15) is 11.8 Å². The molecule has 1 amide bonds. The maximum absolute atomic E-state index is 13.5. The third-order valence-electron chi connectivity index (χ3n) is 7.27. The Morgan fingerprint density at radius 2 is 1.53 bits per heavy atom. The van der Waals surface area contributed by atoms with Crippen LogP contribution in [0.5, 0.6) is 5.75 Å². The third kappa shape index (κ3) is 9.18. The Kier molecular flexibility index (Phi) is 12.8. The zero-order chi connectivity index (χ0) is 30.1. The number of nitrogens with one attached hydrogen (secondary N) is 1. The van der Waals surface area contributed by atoms with Crippen molar-refractivity contribution in [1.29, 1.82) is 0 Å². The van der Waals surface area contributed by atoms with Crippen LogP contribution in [0.3, 0.4) is 0 Å². The molecule has 4 rings (SSSR count). The Morgan fingerprint density at radius 3 is 2.16 bits per heavy atom. The monoisotopic (exact) mass is 588 g/mol. The van der Waals surface area contributed by atoms with E-state index in [-0.39, 0.29) is 18.9 Å². The van der Waals surface area contributed by atoms with Crippen molar-refractivity contribution in [2.75, 3.05) is 24.0 Å². The standard InChI is InChI=1S/C35H38N2O4S.Li/c1-24-9-14-28(15-10-24)37(22-26-11-16-29(41-3)17-12-26)23-27-13-18-31(32(21-27)30-8-6-5-7-25(30)2)34(38)36-33(35(39)40)19-20-42-4;/h5-18,21,33H,19-20,22-23H2,1-4H3,(H,36,38)(H,39,40);/q;+1/p-1. The molecule has 0 radical (unpaired) electrons. The summed E-state index contributed by atoms with van der Waals surface area (Å²) < 4.78 is 5.34. The molecule has 6 nitrogen and oxygen atoms in total. The molecule has 0 heterocycles. The number of amides is 1. The summed E-state index contributed by atoms with van der Waals surface area (Å²) in [6, 6.07) is 29.2. The van der Waals surface area contributed by atoms with Gasteiger partial charge in [-0.25, -0.2) is 0 Å². The van der Waals surface area contributed by atoms with Gasteiger partial charge < -0.3 is 24.9 Å². The molecule has 0 aliphatic heterocycles.